The number of benzene rings is 1. The van der Waals surface area contributed by atoms with Crippen molar-refractivity contribution >= 4 is 11.8 Å². The number of carbonyl (C=O) groups is 2. The summed E-state index contributed by atoms with van der Waals surface area (Å²) in [5, 5.41) is 11.1. The van der Waals surface area contributed by atoms with E-state index in [0.717, 1.165) is 5.56 Å². The number of nitrogens with one attached hydrogen (secondary N) is 3. The van der Waals surface area contributed by atoms with Crippen LogP contribution >= 0.6 is 0 Å². The zero-order valence-electron chi connectivity index (χ0n) is 12.1. The Morgan fingerprint density at radius 2 is 1.64 bits per heavy atom. The number of hydrogen-bond acceptors (Lipinski definition) is 4. The maximum atomic E-state index is 11.8. The Morgan fingerprint density at radius 1 is 1.00 bits per heavy atom. The molecule has 0 atom stereocenters. The summed E-state index contributed by atoms with van der Waals surface area (Å²) in [7, 11) is 0. The molecule has 114 valence electrons. The van der Waals surface area contributed by atoms with Crippen molar-refractivity contribution in [1.82, 2.24) is 20.8 Å². The molecule has 0 aliphatic carbocycles. The average molecular weight is 300 g/mol. The van der Waals surface area contributed by atoms with Gasteiger partial charge in [0.2, 0.25) is 0 Å². The van der Waals surface area contributed by atoms with Gasteiger partial charge in [-0.1, -0.05) is 17.7 Å². The fraction of sp³-hybridized carbons (Fsp3) is 0.200. The van der Waals surface area contributed by atoms with Gasteiger partial charge in [-0.15, -0.1) is 0 Å². The minimum absolute atomic E-state index is 0.115. The summed E-state index contributed by atoms with van der Waals surface area (Å²) in [5.41, 5.74) is 1.39. The van der Waals surface area contributed by atoms with E-state index in [9.17, 15) is 14.4 Å². The molecule has 0 aliphatic heterocycles. The lowest BCUT2D eigenvalue weighted by Crippen LogP contribution is -2.35. The van der Waals surface area contributed by atoms with E-state index in [2.05, 4.69) is 20.8 Å². The van der Waals surface area contributed by atoms with Crippen LogP contribution in [0.25, 0.3) is 0 Å². The van der Waals surface area contributed by atoms with Gasteiger partial charge in [0.1, 0.15) is 5.69 Å². The molecule has 7 nitrogen and oxygen atoms in total. The van der Waals surface area contributed by atoms with Crippen molar-refractivity contribution in [2.45, 2.75) is 6.92 Å². The van der Waals surface area contributed by atoms with E-state index in [4.69, 9.17) is 0 Å². The molecule has 0 radical (unpaired) electrons. The number of aromatic amines is 1. The number of aryl methyl sites for hydroxylation is 1. The van der Waals surface area contributed by atoms with Crippen molar-refractivity contribution in [1.29, 1.82) is 0 Å². The first-order valence-corrected chi connectivity index (χ1v) is 6.75. The Bertz CT molecular complexity index is 702. The van der Waals surface area contributed by atoms with E-state index in [1.54, 1.807) is 12.1 Å². The molecule has 0 saturated carbocycles. The van der Waals surface area contributed by atoms with Gasteiger partial charge in [0.15, 0.2) is 0 Å². The Hall–Kier alpha value is -2.96. The van der Waals surface area contributed by atoms with Gasteiger partial charge in [0.05, 0.1) is 0 Å². The number of hydrogen-bond donors (Lipinski definition) is 3. The molecule has 2 amide bonds. The Morgan fingerprint density at radius 3 is 2.23 bits per heavy atom. The SMILES string of the molecule is Cc1ccc(C(=O)NCCNC(=O)c2ccc(=O)[nH]n2)cc1. The van der Waals surface area contributed by atoms with E-state index < -0.39 is 5.91 Å². The van der Waals surface area contributed by atoms with Gasteiger partial charge in [-0.2, -0.15) is 5.10 Å². The molecule has 0 saturated heterocycles. The quantitative estimate of drug-likeness (QED) is 0.688. The summed E-state index contributed by atoms with van der Waals surface area (Å²) in [6, 6.07) is 9.76. The lowest BCUT2D eigenvalue weighted by molar-refractivity contribution is 0.0924. The molecule has 2 rings (SSSR count). The predicted octanol–water partition coefficient (Wildman–Crippen LogP) is 0.238. The first-order chi connectivity index (χ1) is 10.6. The van der Waals surface area contributed by atoms with E-state index >= 15 is 0 Å². The van der Waals surface area contributed by atoms with E-state index in [0.29, 0.717) is 12.1 Å². The van der Waals surface area contributed by atoms with Gasteiger partial charge in [0.25, 0.3) is 17.4 Å². The van der Waals surface area contributed by atoms with E-state index in [1.165, 1.54) is 12.1 Å². The van der Waals surface area contributed by atoms with Crippen LogP contribution < -0.4 is 16.2 Å². The second-order valence-electron chi connectivity index (χ2n) is 4.68. The number of carbonyl (C=O) groups excluding carboxylic acids is 2. The second-order valence-corrected chi connectivity index (χ2v) is 4.68. The molecule has 1 aromatic carbocycles. The molecule has 0 aliphatic rings. The van der Waals surface area contributed by atoms with E-state index in [1.807, 2.05) is 19.1 Å². The normalized spacial score (nSPS) is 10.0. The average Bonchev–Trinajstić information content (AvgIpc) is 2.52. The van der Waals surface area contributed by atoms with Crippen LogP contribution in [0.1, 0.15) is 26.4 Å². The number of nitrogens with zero attached hydrogens (tertiary/aromatic N) is 1. The third-order valence-corrected chi connectivity index (χ3v) is 2.92. The molecule has 3 N–H and O–H groups in total. The molecule has 1 aromatic heterocycles. The molecule has 0 unspecified atom stereocenters. The van der Waals surface area contributed by atoms with Gasteiger partial charge in [-0.25, -0.2) is 5.10 Å². The summed E-state index contributed by atoms with van der Waals surface area (Å²) >= 11 is 0. The molecule has 0 spiro atoms. The Balaban J connectivity index is 1.76. The van der Waals surface area contributed by atoms with Crippen molar-refractivity contribution in [3.05, 3.63) is 63.6 Å². The number of H-pyrrole nitrogens is 1. The lowest BCUT2D eigenvalue weighted by atomic mass is 10.1. The molecule has 22 heavy (non-hydrogen) atoms. The largest absolute Gasteiger partial charge is 0.350 e. The summed E-state index contributed by atoms with van der Waals surface area (Å²) in [4.78, 5) is 34.4. The lowest BCUT2D eigenvalue weighted by Gasteiger charge is -2.07. The summed E-state index contributed by atoms with van der Waals surface area (Å²) < 4.78 is 0. The highest BCUT2D eigenvalue weighted by Crippen LogP contribution is 2.02. The standard InChI is InChI=1S/C15H16N4O3/c1-10-2-4-11(5-3-10)14(21)16-8-9-17-15(22)12-6-7-13(20)19-18-12/h2-7H,8-9H2,1H3,(H,16,21)(H,17,22)(H,19,20). The summed E-state index contributed by atoms with van der Waals surface area (Å²) in [6.45, 7) is 2.50. The monoisotopic (exact) mass is 300 g/mol. The van der Waals surface area contributed by atoms with E-state index in [-0.39, 0.29) is 23.7 Å². The number of rotatable bonds is 5. The van der Waals surface area contributed by atoms with Crippen molar-refractivity contribution in [2.75, 3.05) is 13.1 Å². The van der Waals surface area contributed by atoms with Crippen molar-refractivity contribution < 1.29 is 9.59 Å². The zero-order chi connectivity index (χ0) is 15.9. The van der Waals surface area contributed by atoms with Crippen LogP contribution in [0.15, 0.2) is 41.2 Å². The minimum atomic E-state index is -0.416. The summed E-state index contributed by atoms with van der Waals surface area (Å²) in [5.74, 6) is -0.614. The molecule has 2 aromatic rings. The molecular weight excluding hydrogens is 284 g/mol. The van der Waals surface area contributed by atoms with Crippen molar-refractivity contribution in [3.8, 4) is 0 Å². The first-order valence-electron chi connectivity index (χ1n) is 6.75. The van der Waals surface area contributed by atoms with Gasteiger partial charge in [0, 0.05) is 24.7 Å². The topological polar surface area (TPSA) is 104 Å². The fourth-order valence-corrected chi connectivity index (χ4v) is 1.72. The van der Waals surface area contributed by atoms with Gasteiger partial charge in [-0.05, 0) is 25.1 Å². The number of amides is 2. The van der Waals surface area contributed by atoms with Crippen LogP contribution in [0.5, 0.6) is 0 Å². The smallest absolute Gasteiger partial charge is 0.271 e. The van der Waals surface area contributed by atoms with Crippen LogP contribution in [0.4, 0.5) is 0 Å². The van der Waals surface area contributed by atoms with Crippen LogP contribution in [0, 0.1) is 6.92 Å². The van der Waals surface area contributed by atoms with Crippen LogP contribution in [0.2, 0.25) is 0 Å². The Kier molecular flexibility index (Phi) is 5.02. The molecular formula is C15H16N4O3. The molecule has 7 heteroatoms. The maximum Gasteiger partial charge on any atom is 0.271 e. The van der Waals surface area contributed by atoms with Crippen LogP contribution in [-0.2, 0) is 0 Å². The van der Waals surface area contributed by atoms with Crippen molar-refractivity contribution in [3.63, 3.8) is 0 Å². The first kappa shape index (κ1) is 15.4. The molecule has 0 bridgehead atoms. The predicted molar refractivity (Wildman–Crippen MR) is 80.7 cm³/mol. The molecule has 1 heterocycles. The third kappa shape index (κ3) is 4.27. The fourth-order valence-electron chi connectivity index (χ4n) is 1.72. The van der Waals surface area contributed by atoms with Crippen LogP contribution in [-0.4, -0.2) is 35.1 Å². The number of aromatic nitrogens is 2. The van der Waals surface area contributed by atoms with Crippen LogP contribution in [0.3, 0.4) is 0 Å². The second kappa shape index (κ2) is 7.16. The zero-order valence-corrected chi connectivity index (χ0v) is 12.1. The Labute approximate surface area is 126 Å². The van der Waals surface area contributed by atoms with Gasteiger partial charge in [-0.3, -0.25) is 14.4 Å². The highest BCUT2D eigenvalue weighted by Gasteiger charge is 2.07. The highest BCUT2D eigenvalue weighted by molar-refractivity contribution is 5.94. The van der Waals surface area contributed by atoms with Crippen molar-refractivity contribution in [2.24, 2.45) is 0 Å². The van der Waals surface area contributed by atoms with Gasteiger partial charge < -0.3 is 10.6 Å². The highest BCUT2D eigenvalue weighted by atomic mass is 16.2. The maximum absolute atomic E-state index is 11.8. The molecule has 0 fully saturated rings. The third-order valence-electron chi connectivity index (χ3n) is 2.92. The summed E-state index contributed by atoms with van der Waals surface area (Å²) in [6.07, 6.45) is 0. The minimum Gasteiger partial charge on any atom is -0.350 e. The van der Waals surface area contributed by atoms with Gasteiger partial charge >= 0.3 is 0 Å².